The highest BCUT2D eigenvalue weighted by Gasteiger charge is 2.19. The Labute approximate surface area is 206 Å². The number of ether oxygens (including phenoxy) is 1. The van der Waals surface area contributed by atoms with Crippen molar-refractivity contribution in [3.63, 3.8) is 0 Å². The molecule has 0 atom stereocenters. The molecule has 10 heteroatoms. The number of hydrogen-bond acceptors (Lipinski definition) is 7. The largest absolute Gasteiger partial charge is 0.497 e. The van der Waals surface area contributed by atoms with Crippen LogP contribution in [0.5, 0.6) is 5.75 Å². The monoisotopic (exact) mass is 493 g/mol. The van der Waals surface area contributed by atoms with Crippen molar-refractivity contribution in [1.82, 2.24) is 24.5 Å². The van der Waals surface area contributed by atoms with Gasteiger partial charge in [0.1, 0.15) is 5.75 Å². The zero-order valence-electron chi connectivity index (χ0n) is 20.1. The van der Waals surface area contributed by atoms with E-state index in [0.717, 1.165) is 6.42 Å². The number of nitrogens with zero attached hydrogens (tertiary/aromatic N) is 4. The Bertz CT molecular complexity index is 1460. The molecule has 0 aliphatic carbocycles. The third-order valence-corrected chi connectivity index (χ3v) is 6.37. The summed E-state index contributed by atoms with van der Waals surface area (Å²) >= 11 is 1.23. The molecule has 0 bridgehead atoms. The average Bonchev–Trinajstić information content (AvgIpc) is 3.28. The number of Topliss-reactive ketones (excluding diaryl/α,β-unsaturated/α-hetero) is 1. The van der Waals surface area contributed by atoms with Gasteiger partial charge in [-0.1, -0.05) is 18.7 Å². The van der Waals surface area contributed by atoms with Crippen LogP contribution < -0.4 is 15.6 Å². The quantitative estimate of drug-likeness (QED) is 0.280. The molecule has 0 saturated heterocycles. The second-order valence-electron chi connectivity index (χ2n) is 8.38. The molecule has 1 N–H and O–H groups in total. The third kappa shape index (κ3) is 4.93. The van der Waals surface area contributed by atoms with Crippen LogP contribution in [0.3, 0.4) is 0 Å². The first-order chi connectivity index (χ1) is 16.8. The van der Waals surface area contributed by atoms with Gasteiger partial charge in [0, 0.05) is 23.7 Å². The van der Waals surface area contributed by atoms with Crippen molar-refractivity contribution in [3.8, 4) is 5.75 Å². The molecule has 4 aromatic rings. The summed E-state index contributed by atoms with van der Waals surface area (Å²) in [5, 5.41) is 12.4. The van der Waals surface area contributed by atoms with Gasteiger partial charge in [-0.25, -0.2) is 0 Å². The second kappa shape index (κ2) is 10.3. The predicted molar refractivity (Wildman–Crippen MR) is 136 cm³/mol. The Morgan fingerprint density at radius 1 is 1.09 bits per heavy atom. The van der Waals surface area contributed by atoms with Crippen LogP contribution in [0.15, 0.2) is 52.4 Å². The Morgan fingerprint density at radius 3 is 2.46 bits per heavy atom. The Kier molecular flexibility index (Phi) is 7.20. The molecule has 0 aliphatic rings. The van der Waals surface area contributed by atoms with Crippen LogP contribution in [0.2, 0.25) is 0 Å². The number of hydrogen-bond donors (Lipinski definition) is 1. The predicted octanol–water partition coefficient (Wildman–Crippen LogP) is 3.58. The number of methoxy groups -OCH3 is 1. The number of aromatic nitrogens is 4. The van der Waals surface area contributed by atoms with Gasteiger partial charge < -0.3 is 10.1 Å². The number of carbonyl (C=O) groups is 2. The molecular weight excluding hydrogens is 466 g/mol. The standard InChI is InChI=1S/C25H27N5O4S/c1-5-12-29-23(33)19-11-8-17(22(32)26-15(2)3)13-20(19)30-24(29)27-28-25(30)35-14-21(31)16-6-9-18(34-4)10-7-16/h6-11,13,15H,5,12,14H2,1-4H3,(H,26,32). The van der Waals surface area contributed by atoms with E-state index in [1.165, 1.54) is 11.8 Å². The third-order valence-electron chi connectivity index (χ3n) is 5.45. The van der Waals surface area contributed by atoms with E-state index in [-0.39, 0.29) is 29.0 Å². The highest BCUT2D eigenvalue weighted by molar-refractivity contribution is 7.99. The van der Waals surface area contributed by atoms with E-state index in [1.54, 1.807) is 58.5 Å². The molecular formula is C25H27N5O4S. The minimum Gasteiger partial charge on any atom is -0.497 e. The first-order valence-corrected chi connectivity index (χ1v) is 12.3. The van der Waals surface area contributed by atoms with E-state index in [1.807, 2.05) is 20.8 Å². The number of ketones is 1. The molecule has 0 saturated carbocycles. The maximum atomic E-state index is 13.2. The molecule has 0 fully saturated rings. The fourth-order valence-corrected chi connectivity index (χ4v) is 4.61. The lowest BCUT2D eigenvalue weighted by Gasteiger charge is -2.12. The van der Waals surface area contributed by atoms with Crippen molar-refractivity contribution in [3.05, 3.63) is 63.9 Å². The zero-order chi connectivity index (χ0) is 25.1. The molecule has 0 radical (unpaired) electrons. The zero-order valence-corrected chi connectivity index (χ0v) is 20.9. The summed E-state index contributed by atoms with van der Waals surface area (Å²) in [5.41, 5.74) is 1.33. The van der Waals surface area contributed by atoms with Crippen LogP contribution in [0, 0.1) is 0 Å². The SMILES string of the molecule is CCCn1c(=O)c2ccc(C(=O)NC(C)C)cc2n2c(SCC(=O)c3ccc(OC)cc3)nnc12. The summed E-state index contributed by atoms with van der Waals surface area (Å²) in [4.78, 5) is 38.6. The van der Waals surface area contributed by atoms with Crippen LogP contribution in [0.25, 0.3) is 16.7 Å². The first-order valence-electron chi connectivity index (χ1n) is 11.4. The molecule has 2 aromatic carbocycles. The molecule has 1 amide bonds. The van der Waals surface area contributed by atoms with Gasteiger partial charge in [0.15, 0.2) is 10.9 Å². The van der Waals surface area contributed by atoms with Crippen molar-refractivity contribution in [2.45, 2.75) is 44.9 Å². The summed E-state index contributed by atoms with van der Waals surface area (Å²) < 4.78 is 8.49. The molecule has 0 unspecified atom stereocenters. The molecule has 4 rings (SSSR count). The van der Waals surface area contributed by atoms with Gasteiger partial charge in [0.05, 0.1) is 23.8 Å². The lowest BCUT2D eigenvalue weighted by molar-refractivity contribution is 0.0942. The number of benzene rings is 2. The first kappa shape index (κ1) is 24.5. The van der Waals surface area contributed by atoms with Crippen LogP contribution >= 0.6 is 11.8 Å². The van der Waals surface area contributed by atoms with E-state index in [4.69, 9.17) is 4.74 Å². The van der Waals surface area contributed by atoms with E-state index in [0.29, 0.717) is 45.3 Å². The van der Waals surface area contributed by atoms with E-state index < -0.39 is 0 Å². The van der Waals surface area contributed by atoms with Gasteiger partial charge in [-0.2, -0.15) is 0 Å². The topological polar surface area (TPSA) is 108 Å². The number of amides is 1. The highest BCUT2D eigenvalue weighted by Crippen LogP contribution is 2.24. The molecule has 0 aliphatic heterocycles. The Hall–Kier alpha value is -3.66. The summed E-state index contributed by atoms with van der Waals surface area (Å²) in [5.74, 6) is 0.887. The summed E-state index contributed by atoms with van der Waals surface area (Å²) in [7, 11) is 1.57. The number of rotatable bonds is 9. The lowest BCUT2D eigenvalue weighted by Crippen LogP contribution is -2.30. The molecule has 35 heavy (non-hydrogen) atoms. The van der Waals surface area contributed by atoms with Gasteiger partial charge in [-0.3, -0.25) is 23.4 Å². The van der Waals surface area contributed by atoms with Gasteiger partial charge in [0.25, 0.3) is 11.5 Å². The van der Waals surface area contributed by atoms with Gasteiger partial charge in [0.2, 0.25) is 5.78 Å². The van der Waals surface area contributed by atoms with Crippen LogP contribution in [-0.2, 0) is 6.54 Å². The van der Waals surface area contributed by atoms with Gasteiger partial charge in [-0.05, 0) is 62.7 Å². The van der Waals surface area contributed by atoms with E-state index in [2.05, 4.69) is 15.5 Å². The summed E-state index contributed by atoms with van der Waals surface area (Å²) in [6.07, 6.45) is 0.737. The maximum absolute atomic E-state index is 13.2. The number of carbonyl (C=O) groups excluding carboxylic acids is 2. The number of thioether (sulfide) groups is 1. The van der Waals surface area contributed by atoms with Crippen molar-refractivity contribution in [2.24, 2.45) is 0 Å². The molecule has 2 aromatic heterocycles. The van der Waals surface area contributed by atoms with Gasteiger partial charge in [-0.15, -0.1) is 10.2 Å². The number of aryl methyl sites for hydroxylation is 1. The number of fused-ring (bicyclic) bond motifs is 3. The molecule has 182 valence electrons. The average molecular weight is 494 g/mol. The molecule has 2 heterocycles. The highest BCUT2D eigenvalue weighted by atomic mass is 32.2. The van der Waals surface area contributed by atoms with E-state index >= 15 is 0 Å². The van der Waals surface area contributed by atoms with E-state index in [9.17, 15) is 14.4 Å². The Morgan fingerprint density at radius 2 is 1.80 bits per heavy atom. The van der Waals surface area contributed by atoms with Crippen LogP contribution in [-0.4, -0.2) is 49.8 Å². The van der Waals surface area contributed by atoms with Crippen molar-refractivity contribution < 1.29 is 14.3 Å². The number of nitrogens with one attached hydrogen (secondary N) is 1. The van der Waals surface area contributed by atoms with Crippen molar-refractivity contribution in [1.29, 1.82) is 0 Å². The minimum atomic E-state index is -0.232. The van der Waals surface area contributed by atoms with Crippen LogP contribution in [0.1, 0.15) is 47.9 Å². The Balaban J connectivity index is 1.77. The van der Waals surface area contributed by atoms with Crippen molar-refractivity contribution >= 4 is 40.1 Å². The summed E-state index contributed by atoms with van der Waals surface area (Å²) in [6.45, 7) is 6.22. The van der Waals surface area contributed by atoms with Crippen LogP contribution in [0.4, 0.5) is 0 Å². The fraction of sp³-hybridized carbons (Fsp3) is 0.320. The minimum absolute atomic E-state index is 0.0271. The smallest absolute Gasteiger partial charge is 0.262 e. The second-order valence-corrected chi connectivity index (χ2v) is 9.32. The normalized spacial score (nSPS) is 11.3. The summed E-state index contributed by atoms with van der Waals surface area (Å²) in [6, 6.07) is 11.9. The van der Waals surface area contributed by atoms with Gasteiger partial charge >= 0.3 is 0 Å². The molecule has 0 spiro atoms. The molecule has 9 nitrogen and oxygen atoms in total. The maximum Gasteiger partial charge on any atom is 0.262 e. The lowest BCUT2D eigenvalue weighted by atomic mass is 10.1. The van der Waals surface area contributed by atoms with Crippen molar-refractivity contribution in [2.75, 3.05) is 12.9 Å². The fourth-order valence-electron chi connectivity index (χ4n) is 3.78.